The summed E-state index contributed by atoms with van der Waals surface area (Å²) < 4.78 is 11.7. The van der Waals surface area contributed by atoms with Crippen LogP contribution in [0.3, 0.4) is 0 Å². The first-order valence-electron chi connectivity index (χ1n) is 10.2. The maximum Gasteiger partial charge on any atom is 0.338 e. The van der Waals surface area contributed by atoms with Crippen LogP contribution >= 0.6 is 0 Å². The molecule has 3 unspecified atom stereocenters. The standard InChI is InChI=1S/C24H28O4/c1-15-3-7-17(8-4-15)23(25)27-21-11-19-13-22(14-20(19)12-21)28-24(26)18-9-5-16(2)6-10-18/h3-10,19-23,25H,11-14H2,1-2H3. The van der Waals surface area contributed by atoms with E-state index in [-0.39, 0.29) is 18.2 Å². The van der Waals surface area contributed by atoms with Crippen molar-refractivity contribution in [2.75, 3.05) is 0 Å². The van der Waals surface area contributed by atoms with Crippen LogP contribution in [0.5, 0.6) is 0 Å². The lowest BCUT2D eigenvalue weighted by atomic mass is 10.0. The van der Waals surface area contributed by atoms with E-state index >= 15 is 0 Å². The summed E-state index contributed by atoms with van der Waals surface area (Å²) in [5, 5.41) is 10.4. The van der Waals surface area contributed by atoms with Crippen molar-refractivity contribution in [1.82, 2.24) is 0 Å². The van der Waals surface area contributed by atoms with Gasteiger partial charge in [-0.2, -0.15) is 0 Å². The third-order valence-corrected chi connectivity index (χ3v) is 6.17. The average molecular weight is 380 g/mol. The van der Waals surface area contributed by atoms with E-state index in [1.54, 1.807) is 0 Å². The minimum absolute atomic E-state index is 0.00762. The van der Waals surface area contributed by atoms with Crippen molar-refractivity contribution in [2.45, 2.75) is 58.0 Å². The summed E-state index contributed by atoms with van der Waals surface area (Å²) in [7, 11) is 0. The number of aryl methyl sites for hydroxylation is 2. The summed E-state index contributed by atoms with van der Waals surface area (Å²) in [5.41, 5.74) is 3.71. The van der Waals surface area contributed by atoms with Gasteiger partial charge in [-0.05, 0) is 63.5 Å². The number of rotatable bonds is 5. The van der Waals surface area contributed by atoms with Crippen LogP contribution in [0.15, 0.2) is 48.5 Å². The fourth-order valence-electron chi connectivity index (χ4n) is 4.61. The Bertz CT molecular complexity index is 798. The molecule has 0 bridgehead atoms. The average Bonchev–Trinajstić information content (AvgIpc) is 3.20. The Morgan fingerprint density at radius 1 is 0.857 bits per heavy atom. The zero-order chi connectivity index (χ0) is 19.7. The molecule has 2 aromatic rings. The van der Waals surface area contributed by atoms with E-state index in [2.05, 4.69) is 0 Å². The van der Waals surface area contributed by atoms with Crippen molar-refractivity contribution in [3.63, 3.8) is 0 Å². The van der Waals surface area contributed by atoms with E-state index in [4.69, 9.17) is 9.47 Å². The van der Waals surface area contributed by atoms with Gasteiger partial charge in [0.25, 0.3) is 0 Å². The molecule has 0 amide bonds. The number of fused-ring (bicyclic) bond motifs is 1. The molecule has 2 saturated carbocycles. The third kappa shape index (κ3) is 4.29. The van der Waals surface area contributed by atoms with Gasteiger partial charge in [0.2, 0.25) is 0 Å². The third-order valence-electron chi connectivity index (χ3n) is 6.17. The number of esters is 1. The number of hydrogen-bond acceptors (Lipinski definition) is 4. The fourth-order valence-corrected chi connectivity index (χ4v) is 4.61. The smallest absolute Gasteiger partial charge is 0.338 e. The molecule has 2 aliphatic carbocycles. The Morgan fingerprint density at radius 3 is 1.93 bits per heavy atom. The molecule has 0 heterocycles. The van der Waals surface area contributed by atoms with E-state index in [1.165, 1.54) is 0 Å². The van der Waals surface area contributed by atoms with Crippen molar-refractivity contribution in [3.8, 4) is 0 Å². The number of ether oxygens (including phenoxy) is 2. The summed E-state index contributed by atoms with van der Waals surface area (Å²) in [6.07, 6.45) is 2.82. The highest BCUT2D eigenvalue weighted by Crippen LogP contribution is 2.47. The van der Waals surface area contributed by atoms with E-state index in [0.717, 1.165) is 42.4 Å². The molecular weight excluding hydrogens is 352 g/mol. The van der Waals surface area contributed by atoms with Crippen LogP contribution < -0.4 is 0 Å². The molecule has 0 aliphatic heterocycles. The lowest BCUT2D eigenvalue weighted by Gasteiger charge is -2.20. The Labute approximate surface area is 166 Å². The number of benzene rings is 2. The van der Waals surface area contributed by atoms with Crippen molar-refractivity contribution >= 4 is 5.97 Å². The van der Waals surface area contributed by atoms with E-state index in [9.17, 15) is 9.90 Å². The first-order valence-corrected chi connectivity index (χ1v) is 10.2. The SMILES string of the molecule is Cc1ccc(C(=O)OC2CC3CC(OC(O)c4ccc(C)cc4)CC3C2)cc1. The summed E-state index contributed by atoms with van der Waals surface area (Å²) >= 11 is 0. The van der Waals surface area contributed by atoms with Crippen LogP contribution in [0.1, 0.15) is 59.0 Å². The molecular formula is C24H28O4. The Hall–Kier alpha value is -2.17. The van der Waals surface area contributed by atoms with Crippen LogP contribution in [0.4, 0.5) is 0 Å². The fraction of sp³-hybridized carbons (Fsp3) is 0.458. The number of carbonyl (C=O) groups is 1. The van der Waals surface area contributed by atoms with Gasteiger partial charge in [-0.15, -0.1) is 0 Å². The number of hydrogen-bond donors (Lipinski definition) is 1. The highest BCUT2D eigenvalue weighted by Gasteiger charge is 2.44. The lowest BCUT2D eigenvalue weighted by molar-refractivity contribution is -0.139. The molecule has 0 saturated heterocycles. The Balaban J connectivity index is 1.27. The Morgan fingerprint density at radius 2 is 1.36 bits per heavy atom. The maximum atomic E-state index is 12.3. The second kappa shape index (κ2) is 8.06. The van der Waals surface area contributed by atoms with Gasteiger partial charge in [0.05, 0.1) is 11.7 Å². The maximum absolute atomic E-state index is 12.3. The second-order valence-corrected chi connectivity index (χ2v) is 8.38. The van der Waals surface area contributed by atoms with Crippen LogP contribution in [0.25, 0.3) is 0 Å². The van der Waals surface area contributed by atoms with E-state index in [1.807, 2.05) is 62.4 Å². The highest BCUT2D eigenvalue weighted by atomic mass is 16.6. The molecule has 4 heteroatoms. The molecule has 28 heavy (non-hydrogen) atoms. The highest BCUT2D eigenvalue weighted by molar-refractivity contribution is 5.89. The molecule has 148 valence electrons. The Kier molecular flexibility index (Phi) is 5.51. The van der Waals surface area contributed by atoms with Crippen molar-refractivity contribution in [2.24, 2.45) is 11.8 Å². The molecule has 4 nitrogen and oxygen atoms in total. The van der Waals surface area contributed by atoms with Crippen LogP contribution in [-0.2, 0) is 9.47 Å². The molecule has 0 radical (unpaired) electrons. The van der Waals surface area contributed by atoms with E-state index in [0.29, 0.717) is 17.4 Å². The van der Waals surface area contributed by atoms with Gasteiger partial charge in [0.15, 0.2) is 6.29 Å². The summed E-state index contributed by atoms with van der Waals surface area (Å²) in [5.74, 6) is 0.782. The minimum Gasteiger partial charge on any atom is -0.459 e. The topological polar surface area (TPSA) is 55.8 Å². The zero-order valence-corrected chi connectivity index (χ0v) is 16.5. The molecule has 1 N–H and O–H groups in total. The molecule has 0 aromatic heterocycles. The predicted octanol–water partition coefficient (Wildman–Crippen LogP) is 4.73. The summed E-state index contributed by atoms with van der Waals surface area (Å²) in [6, 6.07) is 15.3. The largest absolute Gasteiger partial charge is 0.459 e. The van der Waals surface area contributed by atoms with Gasteiger partial charge in [0, 0.05) is 5.56 Å². The number of carbonyl (C=O) groups excluding carboxylic acids is 1. The second-order valence-electron chi connectivity index (χ2n) is 8.38. The number of aliphatic hydroxyl groups excluding tert-OH is 1. The molecule has 0 spiro atoms. The lowest BCUT2D eigenvalue weighted by Crippen LogP contribution is -2.19. The van der Waals surface area contributed by atoms with Crippen LogP contribution in [0.2, 0.25) is 0 Å². The molecule has 2 aromatic carbocycles. The van der Waals surface area contributed by atoms with Gasteiger partial charge in [-0.1, -0.05) is 47.5 Å². The van der Waals surface area contributed by atoms with Crippen molar-refractivity contribution in [3.05, 3.63) is 70.8 Å². The normalized spacial score (nSPS) is 27.4. The van der Waals surface area contributed by atoms with Crippen molar-refractivity contribution < 1.29 is 19.4 Å². The molecule has 2 aliphatic rings. The predicted molar refractivity (Wildman–Crippen MR) is 107 cm³/mol. The number of aliphatic hydroxyl groups is 1. The van der Waals surface area contributed by atoms with E-state index < -0.39 is 6.29 Å². The zero-order valence-electron chi connectivity index (χ0n) is 16.5. The monoisotopic (exact) mass is 380 g/mol. The summed E-state index contributed by atoms with van der Waals surface area (Å²) in [6.45, 7) is 4.03. The van der Waals surface area contributed by atoms with Gasteiger partial charge in [-0.3, -0.25) is 0 Å². The molecule has 3 atom stereocenters. The molecule has 2 fully saturated rings. The van der Waals surface area contributed by atoms with Gasteiger partial charge in [0.1, 0.15) is 6.10 Å². The van der Waals surface area contributed by atoms with Gasteiger partial charge in [-0.25, -0.2) is 4.79 Å². The minimum atomic E-state index is -0.875. The summed E-state index contributed by atoms with van der Waals surface area (Å²) in [4.78, 5) is 12.3. The van der Waals surface area contributed by atoms with Crippen molar-refractivity contribution in [1.29, 1.82) is 0 Å². The van der Waals surface area contributed by atoms with Gasteiger partial charge >= 0.3 is 5.97 Å². The molecule has 4 rings (SSSR count). The first kappa shape index (κ1) is 19.2. The quantitative estimate of drug-likeness (QED) is 0.602. The first-order chi connectivity index (χ1) is 13.5. The van der Waals surface area contributed by atoms with Crippen LogP contribution in [-0.4, -0.2) is 23.3 Å². The van der Waals surface area contributed by atoms with Gasteiger partial charge < -0.3 is 14.6 Å². The van der Waals surface area contributed by atoms with Crippen LogP contribution in [0, 0.1) is 25.7 Å².